The Labute approximate surface area is 78.6 Å². The van der Waals surface area contributed by atoms with Crippen LogP contribution in [0.25, 0.3) is 0 Å². The molecule has 3 N–H and O–H groups in total. The Hall–Kier alpha value is -1.16. The zero-order valence-electron chi connectivity index (χ0n) is 7.95. The zero-order chi connectivity index (χ0) is 9.52. The van der Waals surface area contributed by atoms with Crippen LogP contribution in [0.15, 0.2) is 12.3 Å². The minimum Gasteiger partial charge on any atom is -0.354 e. The van der Waals surface area contributed by atoms with Gasteiger partial charge in [-0.1, -0.05) is 13.3 Å². The van der Waals surface area contributed by atoms with Gasteiger partial charge in [0.15, 0.2) is 0 Å². The molecule has 0 saturated carbocycles. The van der Waals surface area contributed by atoms with Crippen molar-refractivity contribution >= 4 is 5.95 Å². The van der Waals surface area contributed by atoms with Gasteiger partial charge in [-0.05, 0) is 12.5 Å². The van der Waals surface area contributed by atoms with Crippen LogP contribution < -0.4 is 11.1 Å². The molecule has 1 rings (SSSR count). The van der Waals surface area contributed by atoms with Crippen molar-refractivity contribution in [3.8, 4) is 0 Å². The van der Waals surface area contributed by atoms with Gasteiger partial charge in [0.2, 0.25) is 5.95 Å². The molecular formula is C9H16N4. The van der Waals surface area contributed by atoms with Gasteiger partial charge in [-0.15, -0.1) is 0 Å². The van der Waals surface area contributed by atoms with E-state index in [0.29, 0.717) is 12.5 Å². The van der Waals surface area contributed by atoms with Crippen molar-refractivity contribution in [3.05, 3.63) is 18.0 Å². The average molecular weight is 180 g/mol. The molecule has 72 valence electrons. The first-order valence-electron chi connectivity index (χ1n) is 4.62. The van der Waals surface area contributed by atoms with Crippen LogP contribution >= 0.6 is 0 Å². The second-order valence-electron chi connectivity index (χ2n) is 2.86. The lowest BCUT2D eigenvalue weighted by molar-refractivity contribution is 0.823. The topological polar surface area (TPSA) is 63.8 Å². The van der Waals surface area contributed by atoms with Crippen molar-refractivity contribution in [2.45, 2.75) is 26.3 Å². The normalized spacial score (nSPS) is 10.0. The molecule has 1 aromatic rings. The molecule has 0 radical (unpaired) electrons. The number of rotatable bonds is 5. The van der Waals surface area contributed by atoms with Crippen molar-refractivity contribution in [1.82, 2.24) is 9.97 Å². The van der Waals surface area contributed by atoms with Crippen molar-refractivity contribution < 1.29 is 0 Å². The molecule has 0 saturated heterocycles. The van der Waals surface area contributed by atoms with Gasteiger partial charge in [-0.2, -0.15) is 0 Å². The molecule has 0 spiro atoms. The summed E-state index contributed by atoms with van der Waals surface area (Å²) in [5, 5.41) is 3.14. The highest BCUT2D eigenvalue weighted by molar-refractivity contribution is 5.24. The molecule has 0 unspecified atom stereocenters. The lowest BCUT2D eigenvalue weighted by Gasteiger charge is -2.03. The van der Waals surface area contributed by atoms with Crippen molar-refractivity contribution in [2.75, 3.05) is 11.9 Å². The number of aromatic nitrogens is 2. The molecular weight excluding hydrogens is 164 g/mol. The van der Waals surface area contributed by atoms with E-state index < -0.39 is 0 Å². The Kier molecular flexibility index (Phi) is 4.18. The Morgan fingerprint density at radius 1 is 1.54 bits per heavy atom. The first-order chi connectivity index (χ1) is 6.36. The molecule has 0 aliphatic rings. The van der Waals surface area contributed by atoms with E-state index in [1.54, 1.807) is 6.20 Å². The number of hydrogen-bond acceptors (Lipinski definition) is 4. The Bertz CT molecular complexity index is 249. The highest BCUT2D eigenvalue weighted by atomic mass is 15.1. The smallest absolute Gasteiger partial charge is 0.222 e. The molecule has 0 atom stereocenters. The summed E-state index contributed by atoms with van der Waals surface area (Å²) >= 11 is 0. The summed E-state index contributed by atoms with van der Waals surface area (Å²) in [6.07, 6.45) is 4.03. The maximum absolute atomic E-state index is 5.46. The molecule has 0 amide bonds. The SMILES string of the molecule is CCCCNc1nccc(CN)n1. The molecule has 0 aromatic carbocycles. The second-order valence-corrected chi connectivity index (χ2v) is 2.86. The summed E-state index contributed by atoms with van der Waals surface area (Å²) in [4.78, 5) is 8.30. The molecule has 0 aliphatic carbocycles. The molecule has 0 fully saturated rings. The van der Waals surface area contributed by atoms with Gasteiger partial charge in [-0.25, -0.2) is 9.97 Å². The summed E-state index contributed by atoms with van der Waals surface area (Å²) in [5.74, 6) is 0.677. The summed E-state index contributed by atoms with van der Waals surface area (Å²) < 4.78 is 0. The van der Waals surface area contributed by atoms with Crippen LogP contribution in [0.4, 0.5) is 5.95 Å². The summed E-state index contributed by atoms with van der Waals surface area (Å²) in [6, 6.07) is 1.82. The Morgan fingerprint density at radius 3 is 3.08 bits per heavy atom. The summed E-state index contributed by atoms with van der Waals surface area (Å²) in [6.45, 7) is 3.54. The quantitative estimate of drug-likeness (QED) is 0.667. The van der Waals surface area contributed by atoms with E-state index in [1.807, 2.05) is 6.07 Å². The third-order valence-electron chi connectivity index (χ3n) is 1.74. The minimum absolute atomic E-state index is 0.463. The van der Waals surface area contributed by atoms with Crippen molar-refractivity contribution in [2.24, 2.45) is 5.73 Å². The first-order valence-corrected chi connectivity index (χ1v) is 4.62. The van der Waals surface area contributed by atoms with Crippen LogP contribution in [-0.2, 0) is 6.54 Å². The molecule has 4 nitrogen and oxygen atoms in total. The van der Waals surface area contributed by atoms with E-state index in [1.165, 1.54) is 6.42 Å². The summed E-state index contributed by atoms with van der Waals surface area (Å²) in [7, 11) is 0. The number of hydrogen-bond donors (Lipinski definition) is 2. The number of nitrogens with zero attached hydrogens (tertiary/aromatic N) is 2. The van der Waals surface area contributed by atoms with Gasteiger partial charge in [0.05, 0.1) is 5.69 Å². The van der Waals surface area contributed by atoms with Gasteiger partial charge in [0.25, 0.3) is 0 Å². The predicted octanol–water partition coefficient (Wildman–Crippen LogP) is 1.15. The average Bonchev–Trinajstić information content (AvgIpc) is 2.19. The lowest BCUT2D eigenvalue weighted by atomic mass is 10.3. The van der Waals surface area contributed by atoms with Crippen LogP contribution in [0.5, 0.6) is 0 Å². The van der Waals surface area contributed by atoms with E-state index >= 15 is 0 Å². The molecule has 1 heterocycles. The van der Waals surface area contributed by atoms with Gasteiger partial charge in [0.1, 0.15) is 0 Å². The van der Waals surface area contributed by atoms with Crippen LogP contribution in [0, 0.1) is 0 Å². The molecule has 1 aromatic heterocycles. The van der Waals surface area contributed by atoms with Gasteiger partial charge in [-0.3, -0.25) is 0 Å². The van der Waals surface area contributed by atoms with Crippen LogP contribution in [0.1, 0.15) is 25.5 Å². The van der Waals surface area contributed by atoms with Crippen molar-refractivity contribution in [1.29, 1.82) is 0 Å². The van der Waals surface area contributed by atoms with Gasteiger partial charge >= 0.3 is 0 Å². The Morgan fingerprint density at radius 2 is 2.38 bits per heavy atom. The number of nitrogens with one attached hydrogen (secondary N) is 1. The summed E-state index contributed by atoms with van der Waals surface area (Å²) in [5.41, 5.74) is 6.32. The van der Waals surface area contributed by atoms with Crippen LogP contribution in [0.2, 0.25) is 0 Å². The maximum Gasteiger partial charge on any atom is 0.222 e. The molecule has 13 heavy (non-hydrogen) atoms. The second kappa shape index (κ2) is 5.48. The molecule has 0 aliphatic heterocycles. The van der Waals surface area contributed by atoms with E-state index in [9.17, 15) is 0 Å². The maximum atomic E-state index is 5.46. The highest BCUT2D eigenvalue weighted by Crippen LogP contribution is 1.99. The minimum atomic E-state index is 0.463. The van der Waals surface area contributed by atoms with Crippen LogP contribution in [0.3, 0.4) is 0 Å². The standard InChI is InChI=1S/C9H16N4/c1-2-3-5-11-9-12-6-4-8(7-10)13-9/h4,6H,2-3,5,7,10H2,1H3,(H,11,12,13). The lowest BCUT2D eigenvalue weighted by Crippen LogP contribution is -2.07. The van der Waals surface area contributed by atoms with E-state index in [4.69, 9.17) is 5.73 Å². The van der Waals surface area contributed by atoms with Gasteiger partial charge < -0.3 is 11.1 Å². The van der Waals surface area contributed by atoms with Gasteiger partial charge in [0, 0.05) is 19.3 Å². The van der Waals surface area contributed by atoms with Crippen molar-refractivity contribution in [3.63, 3.8) is 0 Å². The third-order valence-corrected chi connectivity index (χ3v) is 1.74. The molecule has 0 bridgehead atoms. The third kappa shape index (κ3) is 3.38. The monoisotopic (exact) mass is 180 g/mol. The first kappa shape index (κ1) is 9.92. The number of unbranched alkanes of at least 4 members (excludes halogenated alkanes) is 1. The van der Waals surface area contributed by atoms with Crippen LogP contribution in [-0.4, -0.2) is 16.5 Å². The predicted molar refractivity (Wildman–Crippen MR) is 53.3 cm³/mol. The Balaban J connectivity index is 2.46. The van der Waals surface area contributed by atoms with E-state index in [-0.39, 0.29) is 0 Å². The van der Waals surface area contributed by atoms with E-state index in [2.05, 4.69) is 22.2 Å². The fourth-order valence-electron chi connectivity index (χ4n) is 0.972. The zero-order valence-corrected chi connectivity index (χ0v) is 7.95. The van der Waals surface area contributed by atoms with E-state index in [0.717, 1.165) is 18.7 Å². The number of nitrogens with two attached hydrogens (primary N) is 1. The number of anilines is 1. The fraction of sp³-hybridized carbons (Fsp3) is 0.556. The molecule has 4 heteroatoms. The highest BCUT2D eigenvalue weighted by Gasteiger charge is 1.95. The largest absolute Gasteiger partial charge is 0.354 e. The fourth-order valence-corrected chi connectivity index (χ4v) is 0.972.